The Morgan fingerprint density at radius 1 is 1.05 bits per heavy atom. The Morgan fingerprint density at radius 3 is 2.26 bits per heavy atom. The van der Waals surface area contributed by atoms with Crippen molar-refractivity contribution in [1.82, 2.24) is 21.3 Å². The fourth-order valence-corrected chi connectivity index (χ4v) is 1.90. The smallest absolute Gasteiger partial charge is 0.237 e. The van der Waals surface area contributed by atoms with Crippen LogP contribution >= 0.6 is 0 Å². The molecule has 0 aromatic carbocycles. The first-order valence-corrected chi connectivity index (χ1v) is 7.07. The zero-order valence-corrected chi connectivity index (χ0v) is 12.5. The van der Waals surface area contributed by atoms with E-state index in [4.69, 9.17) is 5.11 Å². The molecule has 0 bridgehead atoms. The highest BCUT2D eigenvalue weighted by atomic mass is 16.3. The molecule has 6 nitrogen and oxygen atoms in total. The molecule has 0 aliphatic rings. The second kappa shape index (κ2) is 12.3. The van der Waals surface area contributed by atoms with Gasteiger partial charge in [-0.05, 0) is 53.4 Å². The molecule has 0 aliphatic carbocycles. The zero-order valence-electron chi connectivity index (χ0n) is 12.5. The van der Waals surface area contributed by atoms with E-state index in [1.165, 1.54) is 0 Å². The molecule has 0 saturated heterocycles. The van der Waals surface area contributed by atoms with E-state index in [2.05, 4.69) is 21.3 Å². The van der Waals surface area contributed by atoms with Crippen molar-refractivity contribution < 1.29 is 9.90 Å². The number of likely N-dealkylation sites (N-methyl/N-ethyl adjacent to an activating group) is 2. The van der Waals surface area contributed by atoms with Crippen LogP contribution in [0.4, 0.5) is 0 Å². The Labute approximate surface area is 116 Å². The van der Waals surface area contributed by atoms with Crippen LogP contribution in [-0.4, -0.2) is 63.9 Å². The molecule has 114 valence electrons. The van der Waals surface area contributed by atoms with Crippen molar-refractivity contribution in [2.24, 2.45) is 0 Å². The number of hydrogen-bond donors (Lipinski definition) is 5. The Morgan fingerprint density at radius 2 is 1.74 bits per heavy atom. The van der Waals surface area contributed by atoms with Crippen molar-refractivity contribution >= 4 is 5.91 Å². The second-order valence-electron chi connectivity index (χ2n) is 4.69. The van der Waals surface area contributed by atoms with Crippen LogP contribution in [0.15, 0.2) is 0 Å². The summed E-state index contributed by atoms with van der Waals surface area (Å²) in [7, 11) is 5.55. The Kier molecular flexibility index (Phi) is 11.9. The van der Waals surface area contributed by atoms with Crippen LogP contribution in [0, 0.1) is 0 Å². The van der Waals surface area contributed by atoms with Gasteiger partial charge < -0.3 is 26.4 Å². The molecule has 0 radical (unpaired) electrons. The van der Waals surface area contributed by atoms with Gasteiger partial charge in [0, 0.05) is 12.6 Å². The first kappa shape index (κ1) is 18.3. The highest BCUT2D eigenvalue weighted by Crippen LogP contribution is 1.98. The van der Waals surface area contributed by atoms with Gasteiger partial charge in [0.05, 0.1) is 12.6 Å². The van der Waals surface area contributed by atoms with Gasteiger partial charge in [-0.2, -0.15) is 0 Å². The summed E-state index contributed by atoms with van der Waals surface area (Å²) in [5, 5.41) is 21.1. The average Bonchev–Trinajstić information content (AvgIpc) is 2.43. The highest BCUT2D eigenvalue weighted by Gasteiger charge is 2.15. The van der Waals surface area contributed by atoms with Gasteiger partial charge in [-0.1, -0.05) is 0 Å². The molecule has 0 saturated carbocycles. The summed E-state index contributed by atoms with van der Waals surface area (Å²) in [5.74, 6) is 0.0589. The molecule has 0 heterocycles. The molecule has 1 amide bonds. The van der Waals surface area contributed by atoms with Gasteiger partial charge in [0.2, 0.25) is 5.91 Å². The van der Waals surface area contributed by atoms with Gasteiger partial charge in [0.1, 0.15) is 0 Å². The van der Waals surface area contributed by atoms with E-state index in [0.29, 0.717) is 6.54 Å². The largest absolute Gasteiger partial charge is 0.395 e. The molecule has 19 heavy (non-hydrogen) atoms. The van der Waals surface area contributed by atoms with Crippen LogP contribution < -0.4 is 21.3 Å². The Hall–Kier alpha value is -0.690. The van der Waals surface area contributed by atoms with Crippen molar-refractivity contribution in [3.8, 4) is 0 Å². The van der Waals surface area contributed by atoms with E-state index in [1.807, 2.05) is 21.1 Å². The number of amides is 1. The van der Waals surface area contributed by atoms with Crippen LogP contribution in [0.25, 0.3) is 0 Å². The van der Waals surface area contributed by atoms with Crippen LogP contribution in [0.1, 0.15) is 25.7 Å². The first-order chi connectivity index (χ1) is 9.19. The molecule has 0 fully saturated rings. The van der Waals surface area contributed by atoms with Crippen molar-refractivity contribution in [2.75, 3.05) is 40.8 Å². The maximum Gasteiger partial charge on any atom is 0.237 e. The van der Waals surface area contributed by atoms with E-state index in [-0.39, 0.29) is 24.6 Å². The molecule has 0 unspecified atom stereocenters. The molecule has 0 aliphatic heterocycles. The quantitative estimate of drug-likeness (QED) is 0.296. The lowest BCUT2D eigenvalue weighted by molar-refractivity contribution is -0.123. The topological polar surface area (TPSA) is 85.4 Å². The molecule has 0 rings (SSSR count). The van der Waals surface area contributed by atoms with Crippen LogP contribution in [0.2, 0.25) is 0 Å². The van der Waals surface area contributed by atoms with Crippen LogP contribution in [0.3, 0.4) is 0 Å². The predicted octanol–water partition coefficient (Wildman–Crippen LogP) is -0.949. The minimum Gasteiger partial charge on any atom is -0.395 e. The lowest BCUT2D eigenvalue weighted by Gasteiger charge is -2.17. The monoisotopic (exact) mass is 274 g/mol. The van der Waals surface area contributed by atoms with E-state index < -0.39 is 0 Å². The number of carbonyl (C=O) groups is 1. The fourth-order valence-electron chi connectivity index (χ4n) is 1.90. The summed E-state index contributed by atoms with van der Waals surface area (Å²) < 4.78 is 0. The normalized spacial score (nSPS) is 14.1. The third-order valence-electron chi connectivity index (χ3n) is 3.24. The maximum absolute atomic E-state index is 11.9. The van der Waals surface area contributed by atoms with Crippen molar-refractivity contribution in [2.45, 2.75) is 37.8 Å². The average molecular weight is 274 g/mol. The van der Waals surface area contributed by atoms with Gasteiger partial charge in [0.15, 0.2) is 0 Å². The third-order valence-corrected chi connectivity index (χ3v) is 3.24. The molecule has 0 aromatic rings. The molecule has 5 N–H and O–H groups in total. The molecule has 2 atom stereocenters. The number of aliphatic hydroxyl groups excluding tert-OH is 1. The second-order valence-corrected chi connectivity index (χ2v) is 4.69. The van der Waals surface area contributed by atoms with E-state index >= 15 is 0 Å². The molecule has 0 spiro atoms. The summed E-state index contributed by atoms with van der Waals surface area (Å²) in [6, 6.07) is -0.00100. The number of rotatable bonds is 12. The van der Waals surface area contributed by atoms with Crippen molar-refractivity contribution in [3.63, 3.8) is 0 Å². The molecular weight excluding hydrogens is 244 g/mol. The molecule has 6 heteroatoms. The number of hydrogen-bond acceptors (Lipinski definition) is 5. The van der Waals surface area contributed by atoms with E-state index in [9.17, 15) is 4.79 Å². The summed E-state index contributed by atoms with van der Waals surface area (Å²) in [4.78, 5) is 11.9. The highest BCUT2D eigenvalue weighted by molar-refractivity contribution is 5.81. The van der Waals surface area contributed by atoms with Crippen molar-refractivity contribution in [1.29, 1.82) is 0 Å². The Balaban J connectivity index is 3.75. The minimum atomic E-state index is -0.119. The SMILES string of the molecule is CNCCC[C@H](NC)C(=O)NCCC[C@@H](CO)NC. The van der Waals surface area contributed by atoms with Gasteiger partial charge in [0.25, 0.3) is 0 Å². The zero-order chi connectivity index (χ0) is 14.5. The van der Waals surface area contributed by atoms with Gasteiger partial charge in [-0.15, -0.1) is 0 Å². The van der Waals surface area contributed by atoms with E-state index in [0.717, 1.165) is 32.2 Å². The molecule has 0 aromatic heterocycles. The fraction of sp³-hybridized carbons (Fsp3) is 0.923. The first-order valence-electron chi connectivity index (χ1n) is 7.07. The number of aliphatic hydroxyl groups is 1. The lowest BCUT2D eigenvalue weighted by atomic mass is 10.1. The van der Waals surface area contributed by atoms with Gasteiger partial charge >= 0.3 is 0 Å². The summed E-state index contributed by atoms with van der Waals surface area (Å²) in [6.45, 7) is 1.71. The Bertz CT molecular complexity index is 223. The third kappa shape index (κ3) is 8.93. The van der Waals surface area contributed by atoms with Crippen LogP contribution in [0.5, 0.6) is 0 Å². The predicted molar refractivity (Wildman–Crippen MR) is 78.2 cm³/mol. The van der Waals surface area contributed by atoms with Crippen LogP contribution in [-0.2, 0) is 4.79 Å². The summed E-state index contributed by atoms with van der Waals surface area (Å²) in [5.41, 5.74) is 0. The van der Waals surface area contributed by atoms with Gasteiger partial charge in [-0.3, -0.25) is 4.79 Å². The van der Waals surface area contributed by atoms with Gasteiger partial charge in [-0.25, -0.2) is 0 Å². The summed E-state index contributed by atoms with van der Waals surface area (Å²) in [6.07, 6.45) is 3.53. The summed E-state index contributed by atoms with van der Waals surface area (Å²) >= 11 is 0. The maximum atomic E-state index is 11.9. The lowest BCUT2D eigenvalue weighted by Crippen LogP contribution is -2.43. The number of nitrogens with one attached hydrogen (secondary N) is 4. The standard InChI is InChI=1S/C13H30N4O2/c1-14-8-5-7-12(16-3)13(19)17-9-4-6-11(10-18)15-2/h11-12,14-16,18H,4-10H2,1-3H3,(H,17,19)/t11-,12-/m0/s1. The minimum absolute atomic E-state index is 0.0589. The van der Waals surface area contributed by atoms with E-state index in [1.54, 1.807) is 0 Å². The van der Waals surface area contributed by atoms with Crippen molar-refractivity contribution in [3.05, 3.63) is 0 Å². The molecular formula is C13H30N4O2. The number of carbonyl (C=O) groups excluding carboxylic acids is 1.